The summed E-state index contributed by atoms with van der Waals surface area (Å²) in [5.41, 5.74) is 2.33. The van der Waals surface area contributed by atoms with Gasteiger partial charge in [-0.2, -0.15) is 0 Å². The Morgan fingerprint density at radius 1 is 1.23 bits per heavy atom. The Morgan fingerprint density at radius 3 is 2.50 bits per heavy atom. The summed E-state index contributed by atoms with van der Waals surface area (Å²) in [5.74, 6) is 1.65. The van der Waals surface area contributed by atoms with Crippen molar-refractivity contribution in [2.75, 3.05) is 20.8 Å². The van der Waals surface area contributed by atoms with Crippen molar-refractivity contribution >= 4 is 17.2 Å². The molecule has 0 radical (unpaired) electrons. The van der Waals surface area contributed by atoms with E-state index in [4.69, 9.17) is 9.47 Å². The fraction of sp³-hybridized carbons (Fsp3) is 0.476. The number of thiophene rings is 1. The highest BCUT2D eigenvalue weighted by atomic mass is 32.1. The first kappa shape index (κ1) is 18.8. The van der Waals surface area contributed by atoms with Crippen molar-refractivity contribution in [1.29, 1.82) is 0 Å². The zero-order valence-corrected chi connectivity index (χ0v) is 17.0. The molecular weight excluding hydrogens is 346 g/mol. The molecule has 1 atom stereocenters. The van der Waals surface area contributed by atoms with Gasteiger partial charge in [-0.1, -0.05) is 26.8 Å². The highest BCUT2D eigenvalue weighted by molar-refractivity contribution is 7.10. The van der Waals surface area contributed by atoms with Crippen LogP contribution in [0.15, 0.2) is 29.6 Å². The molecule has 1 aliphatic rings. The molecule has 1 aromatic carbocycles. The number of methoxy groups -OCH3 is 2. The number of nitrogens with zero attached hydrogens (tertiary/aromatic N) is 1. The van der Waals surface area contributed by atoms with E-state index in [2.05, 4.69) is 38.3 Å². The predicted octanol–water partition coefficient (Wildman–Crippen LogP) is 4.68. The topological polar surface area (TPSA) is 38.8 Å². The molecule has 0 spiro atoms. The highest BCUT2D eigenvalue weighted by Gasteiger charge is 2.35. The van der Waals surface area contributed by atoms with Gasteiger partial charge >= 0.3 is 0 Å². The fourth-order valence-electron chi connectivity index (χ4n) is 3.52. The quantitative estimate of drug-likeness (QED) is 0.781. The van der Waals surface area contributed by atoms with Crippen LogP contribution in [0.2, 0.25) is 0 Å². The predicted molar refractivity (Wildman–Crippen MR) is 105 cm³/mol. The SMILES string of the molecule is COc1cc2c(cc1OC)C(c1cccs1)N(C(=O)CC(C)(C)C)CC2. The third-order valence-electron chi connectivity index (χ3n) is 4.69. The monoisotopic (exact) mass is 373 g/mol. The third kappa shape index (κ3) is 3.73. The number of amides is 1. The zero-order chi connectivity index (χ0) is 18.9. The summed E-state index contributed by atoms with van der Waals surface area (Å²) in [6, 6.07) is 8.18. The van der Waals surface area contributed by atoms with Gasteiger partial charge in [-0.15, -0.1) is 11.3 Å². The molecule has 4 nitrogen and oxygen atoms in total. The van der Waals surface area contributed by atoms with Crippen molar-refractivity contribution < 1.29 is 14.3 Å². The first-order valence-electron chi connectivity index (χ1n) is 8.91. The Labute approximate surface area is 159 Å². The third-order valence-corrected chi connectivity index (χ3v) is 5.61. The average Bonchev–Trinajstić information content (AvgIpc) is 3.11. The number of hydrogen-bond donors (Lipinski definition) is 0. The minimum atomic E-state index is -0.0617. The van der Waals surface area contributed by atoms with Crippen LogP contribution in [-0.2, 0) is 11.2 Å². The molecule has 0 fully saturated rings. The summed E-state index contributed by atoms with van der Waals surface area (Å²) in [5, 5.41) is 2.07. The van der Waals surface area contributed by atoms with Crippen LogP contribution in [-0.4, -0.2) is 31.6 Å². The van der Waals surface area contributed by atoms with Gasteiger partial charge in [0.1, 0.15) is 0 Å². The molecule has 0 saturated heterocycles. The molecule has 0 N–H and O–H groups in total. The fourth-order valence-corrected chi connectivity index (χ4v) is 4.38. The molecule has 0 aliphatic carbocycles. The lowest BCUT2D eigenvalue weighted by molar-refractivity contribution is -0.135. The summed E-state index contributed by atoms with van der Waals surface area (Å²) in [7, 11) is 3.30. The number of carbonyl (C=O) groups is 1. The van der Waals surface area contributed by atoms with Gasteiger partial charge in [0.05, 0.1) is 20.3 Å². The van der Waals surface area contributed by atoms with Gasteiger partial charge in [-0.25, -0.2) is 0 Å². The standard InChI is InChI=1S/C21H27NO3S/c1-21(2,3)13-19(23)22-9-8-14-11-16(24-4)17(25-5)12-15(14)20(22)18-7-6-10-26-18/h6-7,10-12,20H,8-9,13H2,1-5H3. The van der Waals surface area contributed by atoms with Gasteiger partial charge in [0.15, 0.2) is 11.5 Å². The van der Waals surface area contributed by atoms with Gasteiger partial charge in [0, 0.05) is 17.8 Å². The van der Waals surface area contributed by atoms with Gasteiger partial charge < -0.3 is 14.4 Å². The first-order valence-corrected chi connectivity index (χ1v) is 9.79. The van der Waals surface area contributed by atoms with E-state index in [1.54, 1.807) is 25.6 Å². The van der Waals surface area contributed by atoms with Crippen molar-refractivity contribution in [1.82, 2.24) is 4.90 Å². The smallest absolute Gasteiger partial charge is 0.223 e. The largest absolute Gasteiger partial charge is 0.493 e. The van der Waals surface area contributed by atoms with Crippen molar-refractivity contribution in [3.05, 3.63) is 45.6 Å². The molecule has 3 rings (SSSR count). The van der Waals surface area contributed by atoms with E-state index < -0.39 is 0 Å². The number of fused-ring (bicyclic) bond motifs is 1. The molecule has 1 aliphatic heterocycles. The molecule has 26 heavy (non-hydrogen) atoms. The van der Waals surface area contributed by atoms with E-state index in [0.29, 0.717) is 12.2 Å². The number of hydrogen-bond acceptors (Lipinski definition) is 4. The van der Waals surface area contributed by atoms with E-state index in [1.165, 1.54) is 10.4 Å². The van der Waals surface area contributed by atoms with Crippen LogP contribution >= 0.6 is 11.3 Å². The lowest BCUT2D eigenvalue weighted by atomic mass is 9.87. The Bertz CT molecular complexity index is 777. The second-order valence-electron chi connectivity index (χ2n) is 7.90. The number of ether oxygens (including phenoxy) is 2. The number of rotatable bonds is 4. The van der Waals surface area contributed by atoms with Crippen molar-refractivity contribution in [2.45, 2.75) is 39.7 Å². The van der Waals surface area contributed by atoms with Crippen LogP contribution in [0.1, 0.15) is 49.2 Å². The van der Waals surface area contributed by atoms with E-state index in [-0.39, 0.29) is 17.4 Å². The number of benzene rings is 1. The van der Waals surface area contributed by atoms with Crippen LogP contribution in [0.4, 0.5) is 0 Å². The van der Waals surface area contributed by atoms with Crippen LogP contribution < -0.4 is 9.47 Å². The van der Waals surface area contributed by atoms with Gasteiger partial charge in [-0.3, -0.25) is 4.79 Å². The minimum Gasteiger partial charge on any atom is -0.493 e. The minimum absolute atomic E-state index is 0.0328. The van der Waals surface area contributed by atoms with Crippen LogP contribution in [0.25, 0.3) is 0 Å². The van der Waals surface area contributed by atoms with Crippen molar-refractivity contribution in [3.63, 3.8) is 0 Å². The summed E-state index contributed by atoms with van der Waals surface area (Å²) in [4.78, 5) is 16.3. The molecule has 5 heteroatoms. The Kier molecular flexibility index (Phi) is 5.28. The van der Waals surface area contributed by atoms with Crippen LogP contribution in [0.3, 0.4) is 0 Å². The lowest BCUT2D eigenvalue weighted by Crippen LogP contribution is -2.41. The van der Waals surface area contributed by atoms with E-state index >= 15 is 0 Å². The molecule has 0 saturated carbocycles. The van der Waals surface area contributed by atoms with Crippen molar-refractivity contribution in [2.24, 2.45) is 5.41 Å². The number of carbonyl (C=O) groups excluding carboxylic acids is 1. The average molecular weight is 374 g/mol. The van der Waals surface area contributed by atoms with Gasteiger partial charge in [-0.05, 0) is 46.5 Å². The lowest BCUT2D eigenvalue weighted by Gasteiger charge is -2.38. The summed E-state index contributed by atoms with van der Waals surface area (Å²) < 4.78 is 11.0. The molecule has 140 valence electrons. The normalized spacial score (nSPS) is 17.0. The molecule has 0 bridgehead atoms. The maximum absolute atomic E-state index is 13.1. The Hall–Kier alpha value is -2.01. The van der Waals surface area contributed by atoms with Crippen LogP contribution in [0.5, 0.6) is 11.5 Å². The zero-order valence-electron chi connectivity index (χ0n) is 16.2. The van der Waals surface area contributed by atoms with Gasteiger partial charge in [0.2, 0.25) is 5.91 Å². The Morgan fingerprint density at radius 2 is 1.92 bits per heavy atom. The van der Waals surface area contributed by atoms with E-state index in [0.717, 1.165) is 24.3 Å². The van der Waals surface area contributed by atoms with Crippen molar-refractivity contribution in [3.8, 4) is 11.5 Å². The molecular formula is C21H27NO3S. The van der Waals surface area contributed by atoms with Crippen LogP contribution in [0, 0.1) is 5.41 Å². The summed E-state index contributed by atoms with van der Waals surface area (Å²) >= 11 is 1.69. The molecule has 1 unspecified atom stereocenters. The molecule has 2 aromatic rings. The molecule has 1 aromatic heterocycles. The van der Waals surface area contributed by atoms with Gasteiger partial charge in [0.25, 0.3) is 0 Å². The second kappa shape index (κ2) is 7.31. The maximum atomic E-state index is 13.1. The summed E-state index contributed by atoms with van der Waals surface area (Å²) in [6.07, 6.45) is 1.37. The second-order valence-corrected chi connectivity index (χ2v) is 8.88. The Balaban J connectivity index is 2.07. The summed E-state index contributed by atoms with van der Waals surface area (Å²) in [6.45, 7) is 7.05. The molecule has 1 amide bonds. The maximum Gasteiger partial charge on any atom is 0.223 e. The first-order chi connectivity index (χ1) is 12.3. The highest BCUT2D eigenvalue weighted by Crippen LogP contribution is 2.42. The van der Waals surface area contributed by atoms with E-state index in [9.17, 15) is 4.79 Å². The van der Waals surface area contributed by atoms with E-state index in [1.807, 2.05) is 17.0 Å². The molecule has 2 heterocycles.